The molecule has 0 aromatic carbocycles. The molecule has 4 heteroatoms. The van der Waals surface area contributed by atoms with Crippen LogP contribution in [-0.2, 0) is 12.0 Å². The lowest BCUT2D eigenvalue weighted by Crippen LogP contribution is -2.22. The van der Waals surface area contributed by atoms with E-state index in [9.17, 15) is 0 Å². The first-order chi connectivity index (χ1) is 6.86. The molecule has 1 aromatic heterocycles. The van der Waals surface area contributed by atoms with Gasteiger partial charge in [-0.05, 0) is 5.92 Å². The molecule has 86 valence electrons. The maximum atomic E-state index is 5.85. The van der Waals surface area contributed by atoms with Crippen LogP contribution in [0.1, 0.15) is 46.7 Å². The molecule has 1 aromatic rings. The molecule has 2 N–H and O–H groups in total. The van der Waals surface area contributed by atoms with Crippen LogP contribution in [-0.4, -0.2) is 15.0 Å². The molecule has 0 saturated heterocycles. The van der Waals surface area contributed by atoms with Gasteiger partial charge in [0.05, 0.1) is 5.69 Å². The molecule has 1 heterocycles. The summed E-state index contributed by atoms with van der Waals surface area (Å²) in [6, 6.07) is 0. The minimum atomic E-state index is 0.00104. The minimum Gasteiger partial charge on any atom is -0.381 e. The maximum Gasteiger partial charge on any atom is 0.169 e. The molecule has 0 spiro atoms. The van der Waals surface area contributed by atoms with Crippen molar-refractivity contribution in [2.24, 2.45) is 5.92 Å². The Bertz CT molecular complexity index is 322. The molecule has 0 radical (unpaired) electrons. The Morgan fingerprint density at radius 3 is 2.47 bits per heavy atom. The van der Waals surface area contributed by atoms with E-state index < -0.39 is 0 Å². The third-order valence-corrected chi connectivity index (χ3v) is 2.65. The Morgan fingerprint density at radius 1 is 1.40 bits per heavy atom. The van der Waals surface area contributed by atoms with Crippen molar-refractivity contribution in [3.63, 3.8) is 0 Å². The molecular formula is C11H22N4. The van der Waals surface area contributed by atoms with Gasteiger partial charge in [-0.3, -0.25) is 0 Å². The number of nitrogen functional groups attached to an aromatic ring is 1. The summed E-state index contributed by atoms with van der Waals surface area (Å²) in [6.45, 7) is 11.7. The predicted octanol–water partition coefficient (Wildman–Crippen LogP) is 2.20. The third-order valence-electron chi connectivity index (χ3n) is 2.65. The number of hydrogen-bond donors (Lipinski definition) is 1. The Balaban J connectivity index is 2.99. The number of aromatic nitrogens is 3. The monoisotopic (exact) mass is 210 g/mol. The highest BCUT2D eigenvalue weighted by Gasteiger charge is 2.24. The number of anilines is 1. The van der Waals surface area contributed by atoms with E-state index in [0.29, 0.717) is 11.7 Å². The number of hydrogen-bond acceptors (Lipinski definition) is 3. The van der Waals surface area contributed by atoms with Crippen molar-refractivity contribution >= 4 is 5.82 Å². The van der Waals surface area contributed by atoms with Gasteiger partial charge >= 0.3 is 0 Å². The lowest BCUT2D eigenvalue weighted by atomic mass is 9.91. The number of nitrogens with two attached hydrogens (primary N) is 1. The second-order valence-electron chi connectivity index (χ2n) is 5.27. The predicted molar refractivity (Wildman–Crippen MR) is 62.6 cm³/mol. The lowest BCUT2D eigenvalue weighted by Gasteiger charge is -2.21. The van der Waals surface area contributed by atoms with Crippen molar-refractivity contribution in [2.75, 3.05) is 5.73 Å². The van der Waals surface area contributed by atoms with Gasteiger partial charge in [0.2, 0.25) is 0 Å². The SMILES string of the molecule is CCC(C)Cn1nnc(N)c1C(C)(C)C. The molecule has 15 heavy (non-hydrogen) atoms. The summed E-state index contributed by atoms with van der Waals surface area (Å²) in [5, 5.41) is 8.07. The van der Waals surface area contributed by atoms with E-state index in [0.717, 1.165) is 18.7 Å². The van der Waals surface area contributed by atoms with E-state index in [1.54, 1.807) is 0 Å². The summed E-state index contributed by atoms with van der Waals surface area (Å²) < 4.78 is 1.95. The first-order valence-corrected chi connectivity index (χ1v) is 5.55. The molecule has 0 aliphatic carbocycles. The Hall–Kier alpha value is -1.06. The first-order valence-electron chi connectivity index (χ1n) is 5.55. The van der Waals surface area contributed by atoms with Crippen LogP contribution in [0.15, 0.2) is 0 Å². The van der Waals surface area contributed by atoms with E-state index in [1.165, 1.54) is 0 Å². The quantitative estimate of drug-likeness (QED) is 0.832. The lowest BCUT2D eigenvalue weighted by molar-refractivity contribution is 0.397. The van der Waals surface area contributed by atoms with E-state index in [2.05, 4.69) is 44.9 Å². The minimum absolute atomic E-state index is 0.00104. The van der Waals surface area contributed by atoms with Crippen LogP contribution in [0.4, 0.5) is 5.82 Å². The molecule has 0 amide bonds. The fraction of sp³-hybridized carbons (Fsp3) is 0.818. The molecule has 4 nitrogen and oxygen atoms in total. The largest absolute Gasteiger partial charge is 0.381 e. The van der Waals surface area contributed by atoms with Gasteiger partial charge in [0.25, 0.3) is 0 Å². The van der Waals surface area contributed by atoms with Crippen molar-refractivity contribution in [2.45, 2.75) is 53.0 Å². The molecular weight excluding hydrogens is 188 g/mol. The van der Waals surface area contributed by atoms with Gasteiger partial charge in [0.15, 0.2) is 5.82 Å². The van der Waals surface area contributed by atoms with Crippen LogP contribution in [0.25, 0.3) is 0 Å². The van der Waals surface area contributed by atoms with E-state index in [1.807, 2.05) is 4.68 Å². The number of nitrogens with zero attached hydrogens (tertiary/aromatic N) is 3. The molecule has 0 aliphatic heterocycles. The van der Waals surface area contributed by atoms with E-state index >= 15 is 0 Å². The van der Waals surface area contributed by atoms with Crippen LogP contribution in [0, 0.1) is 5.92 Å². The fourth-order valence-corrected chi connectivity index (χ4v) is 1.65. The van der Waals surface area contributed by atoms with Crippen LogP contribution >= 0.6 is 0 Å². The van der Waals surface area contributed by atoms with Crippen LogP contribution in [0.3, 0.4) is 0 Å². The molecule has 0 fully saturated rings. The van der Waals surface area contributed by atoms with Gasteiger partial charge in [-0.1, -0.05) is 46.3 Å². The summed E-state index contributed by atoms with van der Waals surface area (Å²) in [6.07, 6.45) is 1.14. The summed E-state index contributed by atoms with van der Waals surface area (Å²) in [5.41, 5.74) is 6.90. The zero-order chi connectivity index (χ0) is 11.6. The molecule has 0 saturated carbocycles. The standard InChI is InChI=1S/C11H22N4/c1-6-8(2)7-15-9(11(3,4)5)10(12)13-14-15/h8H,6-7,12H2,1-5H3. The summed E-state index contributed by atoms with van der Waals surface area (Å²) >= 11 is 0. The third kappa shape index (κ3) is 2.70. The van der Waals surface area contributed by atoms with Crippen molar-refractivity contribution in [3.8, 4) is 0 Å². The van der Waals surface area contributed by atoms with E-state index in [4.69, 9.17) is 5.73 Å². The topological polar surface area (TPSA) is 56.7 Å². The van der Waals surface area contributed by atoms with Crippen LogP contribution < -0.4 is 5.73 Å². The zero-order valence-corrected chi connectivity index (χ0v) is 10.4. The fourth-order valence-electron chi connectivity index (χ4n) is 1.65. The molecule has 1 unspecified atom stereocenters. The normalized spacial score (nSPS) is 14.2. The highest BCUT2D eigenvalue weighted by atomic mass is 15.4. The average Bonchev–Trinajstić information content (AvgIpc) is 2.46. The zero-order valence-electron chi connectivity index (χ0n) is 10.4. The molecule has 0 bridgehead atoms. The molecule has 1 rings (SSSR count). The Morgan fingerprint density at radius 2 is 2.00 bits per heavy atom. The summed E-state index contributed by atoms with van der Waals surface area (Å²) in [5.74, 6) is 1.16. The number of rotatable bonds is 3. The summed E-state index contributed by atoms with van der Waals surface area (Å²) in [4.78, 5) is 0. The maximum absolute atomic E-state index is 5.85. The second-order valence-corrected chi connectivity index (χ2v) is 5.27. The van der Waals surface area contributed by atoms with Gasteiger partial charge in [0.1, 0.15) is 0 Å². The van der Waals surface area contributed by atoms with Gasteiger partial charge in [0, 0.05) is 12.0 Å². The van der Waals surface area contributed by atoms with Crippen molar-refractivity contribution in [3.05, 3.63) is 5.69 Å². The second kappa shape index (κ2) is 4.21. The Labute approximate surface area is 91.9 Å². The summed E-state index contributed by atoms with van der Waals surface area (Å²) in [7, 11) is 0. The van der Waals surface area contributed by atoms with E-state index in [-0.39, 0.29) is 5.41 Å². The average molecular weight is 210 g/mol. The molecule has 1 atom stereocenters. The van der Waals surface area contributed by atoms with Gasteiger partial charge in [-0.2, -0.15) is 0 Å². The van der Waals surface area contributed by atoms with Crippen molar-refractivity contribution in [1.29, 1.82) is 0 Å². The van der Waals surface area contributed by atoms with Gasteiger partial charge < -0.3 is 5.73 Å². The van der Waals surface area contributed by atoms with Crippen LogP contribution in [0.5, 0.6) is 0 Å². The van der Waals surface area contributed by atoms with Gasteiger partial charge in [-0.15, -0.1) is 5.10 Å². The molecule has 0 aliphatic rings. The van der Waals surface area contributed by atoms with Crippen molar-refractivity contribution < 1.29 is 0 Å². The first kappa shape index (κ1) is 12.0. The van der Waals surface area contributed by atoms with Gasteiger partial charge in [-0.25, -0.2) is 4.68 Å². The Kier molecular flexibility index (Phi) is 3.37. The van der Waals surface area contributed by atoms with Crippen molar-refractivity contribution in [1.82, 2.24) is 15.0 Å². The van der Waals surface area contributed by atoms with Crippen LogP contribution in [0.2, 0.25) is 0 Å². The smallest absolute Gasteiger partial charge is 0.169 e. The highest BCUT2D eigenvalue weighted by Crippen LogP contribution is 2.26. The highest BCUT2D eigenvalue weighted by molar-refractivity contribution is 5.37.